The second-order valence-corrected chi connectivity index (χ2v) is 5.63. The van der Waals surface area contributed by atoms with E-state index in [0.717, 1.165) is 13.1 Å². The second-order valence-electron chi connectivity index (χ2n) is 5.63. The minimum atomic E-state index is 0.250. The highest BCUT2D eigenvalue weighted by molar-refractivity contribution is 5.76. The van der Waals surface area contributed by atoms with Crippen molar-refractivity contribution in [3.8, 4) is 0 Å². The Hall–Kier alpha value is -0.570. The van der Waals surface area contributed by atoms with Crippen molar-refractivity contribution in [1.29, 1.82) is 0 Å². The predicted octanol–water partition coefficient (Wildman–Crippen LogP) is 2.11. The predicted molar refractivity (Wildman–Crippen MR) is 69.1 cm³/mol. The van der Waals surface area contributed by atoms with Crippen LogP contribution in [0.4, 0.5) is 0 Å². The highest BCUT2D eigenvalue weighted by Gasteiger charge is 2.17. The van der Waals surface area contributed by atoms with Gasteiger partial charge in [-0.25, -0.2) is 0 Å². The molecule has 0 aromatic carbocycles. The summed E-state index contributed by atoms with van der Waals surface area (Å²) in [5.41, 5.74) is 5.55. The Bertz CT molecular complexity index is 192. The van der Waals surface area contributed by atoms with E-state index in [0.29, 0.717) is 24.8 Å². The van der Waals surface area contributed by atoms with Crippen LogP contribution in [0.15, 0.2) is 0 Å². The first-order valence-electron chi connectivity index (χ1n) is 6.34. The van der Waals surface area contributed by atoms with E-state index >= 15 is 0 Å². The molecule has 0 rings (SSSR count). The molecular weight excluding hydrogens is 200 g/mol. The standard InChI is InChI=1S/C13H28N2O/c1-10(2)8-15(9-11(3)4)13(16)6-12(5)7-14/h10-12H,6-9,14H2,1-5H3. The van der Waals surface area contributed by atoms with Gasteiger partial charge in [-0.15, -0.1) is 0 Å². The van der Waals surface area contributed by atoms with Crippen LogP contribution in [0, 0.1) is 17.8 Å². The van der Waals surface area contributed by atoms with E-state index < -0.39 is 0 Å². The van der Waals surface area contributed by atoms with Crippen molar-refractivity contribution in [2.24, 2.45) is 23.5 Å². The third-order valence-corrected chi connectivity index (χ3v) is 2.45. The summed E-state index contributed by atoms with van der Waals surface area (Å²) >= 11 is 0. The first-order valence-corrected chi connectivity index (χ1v) is 6.34. The zero-order valence-electron chi connectivity index (χ0n) is 11.5. The molecule has 3 heteroatoms. The zero-order chi connectivity index (χ0) is 12.7. The van der Waals surface area contributed by atoms with Gasteiger partial charge in [0, 0.05) is 19.5 Å². The van der Waals surface area contributed by atoms with Crippen molar-refractivity contribution in [3.63, 3.8) is 0 Å². The molecule has 0 aromatic rings. The molecule has 0 heterocycles. The van der Waals surface area contributed by atoms with Crippen LogP contribution >= 0.6 is 0 Å². The average Bonchev–Trinajstić information content (AvgIpc) is 2.15. The first-order chi connectivity index (χ1) is 7.36. The van der Waals surface area contributed by atoms with Crippen molar-refractivity contribution >= 4 is 5.91 Å². The Morgan fingerprint density at radius 1 is 1.06 bits per heavy atom. The largest absolute Gasteiger partial charge is 0.342 e. The number of amides is 1. The molecule has 0 aliphatic carbocycles. The number of hydrogen-bond acceptors (Lipinski definition) is 2. The van der Waals surface area contributed by atoms with E-state index in [1.807, 2.05) is 11.8 Å². The molecule has 0 spiro atoms. The third-order valence-electron chi connectivity index (χ3n) is 2.45. The Labute approximate surface area is 100 Å². The summed E-state index contributed by atoms with van der Waals surface area (Å²) in [5, 5.41) is 0. The fourth-order valence-corrected chi connectivity index (χ4v) is 1.67. The van der Waals surface area contributed by atoms with Gasteiger partial charge in [-0.2, -0.15) is 0 Å². The number of carbonyl (C=O) groups excluding carboxylic acids is 1. The van der Waals surface area contributed by atoms with Crippen LogP contribution in [0.1, 0.15) is 41.0 Å². The van der Waals surface area contributed by atoms with Crippen LogP contribution in [-0.4, -0.2) is 30.4 Å². The number of nitrogens with zero attached hydrogens (tertiary/aromatic N) is 1. The van der Waals surface area contributed by atoms with Gasteiger partial charge >= 0.3 is 0 Å². The van der Waals surface area contributed by atoms with Crippen LogP contribution < -0.4 is 5.73 Å². The molecule has 1 amide bonds. The fourth-order valence-electron chi connectivity index (χ4n) is 1.67. The van der Waals surface area contributed by atoms with Gasteiger partial charge in [-0.3, -0.25) is 4.79 Å². The van der Waals surface area contributed by atoms with Crippen molar-refractivity contribution in [2.45, 2.75) is 41.0 Å². The van der Waals surface area contributed by atoms with Crippen molar-refractivity contribution < 1.29 is 4.79 Å². The van der Waals surface area contributed by atoms with Gasteiger partial charge in [-0.1, -0.05) is 34.6 Å². The monoisotopic (exact) mass is 228 g/mol. The van der Waals surface area contributed by atoms with Crippen molar-refractivity contribution in [2.75, 3.05) is 19.6 Å². The van der Waals surface area contributed by atoms with Gasteiger partial charge in [0.25, 0.3) is 0 Å². The molecule has 16 heavy (non-hydrogen) atoms. The lowest BCUT2D eigenvalue weighted by molar-refractivity contribution is -0.133. The van der Waals surface area contributed by atoms with Crippen molar-refractivity contribution in [3.05, 3.63) is 0 Å². The van der Waals surface area contributed by atoms with Gasteiger partial charge in [0.05, 0.1) is 0 Å². The lowest BCUT2D eigenvalue weighted by Gasteiger charge is -2.27. The third kappa shape index (κ3) is 6.83. The molecule has 0 fully saturated rings. The summed E-state index contributed by atoms with van der Waals surface area (Å²) in [4.78, 5) is 14.0. The summed E-state index contributed by atoms with van der Waals surface area (Å²) < 4.78 is 0. The normalized spacial score (nSPS) is 13.2. The molecule has 0 aliphatic rings. The molecule has 0 radical (unpaired) electrons. The lowest BCUT2D eigenvalue weighted by atomic mass is 10.1. The van der Waals surface area contributed by atoms with Crippen LogP contribution in [-0.2, 0) is 4.79 Å². The second kappa shape index (κ2) is 7.66. The number of carbonyl (C=O) groups is 1. The lowest BCUT2D eigenvalue weighted by Crippen LogP contribution is -2.38. The van der Waals surface area contributed by atoms with E-state index in [1.165, 1.54) is 0 Å². The Balaban J connectivity index is 4.31. The first kappa shape index (κ1) is 15.4. The van der Waals surface area contributed by atoms with Gasteiger partial charge in [0.1, 0.15) is 0 Å². The molecule has 0 saturated heterocycles. The Morgan fingerprint density at radius 3 is 1.81 bits per heavy atom. The van der Waals surface area contributed by atoms with Crippen LogP contribution in [0.5, 0.6) is 0 Å². The maximum atomic E-state index is 12.1. The molecule has 0 aliphatic heterocycles. The molecule has 96 valence electrons. The van der Waals surface area contributed by atoms with Gasteiger partial charge < -0.3 is 10.6 Å². The van der Waals surface area contributed by atoms with E-state index in [-0.39, 0.29) is 11.8 Å². The summed E-state index contributed by atoms with van der Waals surface area (Å²) in [7, 11) is 0. The van der Waals surface area contributed by atoms with Crippen LogP contribution in [0.25, 0.3) is 0 Å². The average molecular weight is 228 g/mol. The van der Waals surface area contributed by atoms with E-state index in [9.17, 15) is 4.79 Å². The Morgan fingerprint density at radius 2 is 1.50 bits per heavy atom. The van der Waals surface area contributed by atoms with Gasteiger partial charge in [0.15, 0.2) is 0 Å². The maximum absolute atomic E-state index is 12.1. The highest BCUT2D eigenvalue weighted by Crippen LogP contribution is 2.09. The SMILES string of the molecule is CC(C)CN(CC(C)C)C(=O)CC(C)CN. The quantitative estimate of drug-likeness (QED) is 0.725. The molecule has 3 nitrogen and oxygen atoms in total. The van der Waals surface area contributed by atoms with E-state index in [1.54, 1.807) is 0 Å². The molecule has 2 N–H and O–H groups in total. The Kier molecular flexibility index (Phi) is 7.39. The van der Waals surface area contributed by atoms with E-state index in [4.69, 9.17) is 5.73 Å². The van der Waals surface area contributed by atoms with Crippen molar-refractivity contribution in [1.82, 2.24) is 4.90 Å². The minimum Gasteiger partial charge on any atom is -0.342 e. The summed E-state index contributed by atoms with van der Waals surface area (Å²) in [5.74, 6) is 1.58. The van der Waals surface area contributed by atoms with Gasteiger partial charge in [-0.05, 0) is 24.3 Å². The van der Waals surface area contributed by atoms with E-state index in [2.05, 4.69) is 27.7 Å². The minimum absolute atomic E-state index is 0.250. The number of rotatable bonds is 7. The zero-order valence-corrected chi connectivity index (χ0v) is 11.5. The van der Waals surface area contributed by atoms with Crippen LogP contribution in [0.2, 0.25) is 0 Å². The summed E-state index contributed by atoms with van der Waals surface area (Å²) in [6.45, 7) is 12.9. The summed E-state index contributed by atoms with van der Waals surface area (Å²) in [6, 6.07) is 0. The molecule has 0 saturated carbocycles. The maximum Gasteiger partial charge on any atom is 0.222 e. The highest BCUT2D eigenvalue weighted by atomic mass is 16.2. The van der Waals surface area contributed by atoms with Crippen LogP contribution in [0.3, 0.4) is 0 Å². The molecule has 1 atom stereocenters. The topological polar surface area (TPSA) is 46.3 Å². The molecule has 0 aromatic heterocycles. The fraction of sp³-hybridized carbons (Fsp3) is 0.923. The van der Waals surface area contributed by atoms with Gasteiger partial charge in [0.2, 0.25) is 5.91 Å². The summed E-state index contributed by atoms with van der Waals surface area (Å²) in [6.07, 6.45) is 0.579. The molecular formula is C13H28N2O. The molecule has 0 bridgehead atoms. The smallest absolute Gasteiger partial charge is 0.222 e. The molecule has 1 unspecified atom stereocenters. The number of nitrogens with two attached hydrogens (primary N) is 1. The number of hydrogen-bond donors (Lipinski definition) is 1.